The summed E-state index contributed by atoms with van der Waals surface area (Å²) in [5.74, 6) is 0.267. The summed E-state index contributed by atoms with van der Waals surface area (Å²) in [6.45, 7) is 0. The number of hydrogen-bond donors (Lipinski definition) is 1. The van der Waals surface area contributed by atoms with Crippen LogP contribution in [0.25, 0.3) is 22.8 Å². The average molecular weight is 266 g/mol. The van der Waals surface area contributed by atoms with Crippen LogP contribution in [0, 0.1) is 0 Å². The van der Waals surface area contributed by atoms with Crippen molar-refractivity contribution in [2.75, 3.05) is 0 Å². The van der Waals surface area contributed by atoms with Gasteiger partial charge in [0.25, 0.3) is 5.89 Å². The fourth-order valence-corrected chi connectivity index (χ4v) is 1.76. The highest BCUT2D eigenvalue weighted by Gasteiger charge is 2.11. The molecule has 20 heavy (non-hydrogen) atoms. The van der Waals surface area contributed by atoms with Crippen molar-refractivity contribution in [2.45, 2.75) is 0 Å². The largest absolute Gasteiger partial charge is 0.366 e. The maximum Gasteiger partial charge on any atom is 0.258 e. The predicted molar refractivity (Wildman–Crippen MR) is 71.5 cm³/mol. The van der Waals surface area contributed by atoms with Crippen molar-refractivity contribution in [3.05, 3.63) is 54.4 Å². The van der Waals surface area contributed by atoms with Gasteiger partial charge in [-0.3, -0.25) is 9.78 Å². The fraction of sp³-hybridized carbons (Fsp3) is 0. The number of aromatic nitrogens is 3. The van der Waals surface area contributed by atoms with Gasteiger partial charge in [-0.15, -0.1) is 0 Å². The topological polar surface area (TPSA) is 94.9 Å². The van der Waals surface area contributed by atoms with Crippen LogP contribution in [-0.2, 0) is 0 Å². The second kappa shape index (κ2) is 4.93. The first-order valence-electron chi connectivity index (χ1n) is 5.88. The highest BCUT2D eigenvalue weighted by molar-refractivity contribution is 5.93. The number of primary amides is 1. The van der Waals surface area contributed by atoms with Crippen LogP contribution in [0.5, 0.6) is 0 Å². The quantitative estimate of drug-likeness (QED) is 0.781. The second-order valence-corrected chi connectivity index (χ2v) is 4.11. The third-order valence-electron chi connectivity index (χ3n) is 2.74. The summed E-state index contributed by atoms with van der Waals surface area (Å²) in [5.41, 5.74) is 7.04. The minimum absolute atomic E-state index is 0.326. The van der Waals surface area contributed by atoms with Gasteiger partial charge >= 0.3 is 0 Å². The van der Waals surface area contributed by atoms with E-state index < -0.39 is 5.91 Å². The Hall–Kier alpha value is -3.02. The zero-order valence-electron chi connectivity index (χ0n) is 10.4. The lowest BCUT2D eigenvalue weighted by Gasteiger charge is -1.97. The van der Waals surface area contributed by atoms with Crippen LogP contribution in [0.15, 0.2) is 53.3 Å². The molecule has 0 bridgehead atoms. The number of nitrogens with zero attached hydrogens (tertiary/aromatic N) is 3. The summed E-state index contributed by atoms with van der Waals surface area (Å²) in [4.78, 5) is 19.4. The fourth-order valence-electron chi connectivity index (χ4n) is 1.76. The van der Waals surface area contributed by atoms with Crippen LogP contribution >= 0.6 is 0 Å². The van der Waals surface area contributed by atoms with E-state index in [9.17, 15) is 4.79 Å². The average Bonchev–Trinajstić information content (AvgIpc) is 2.98. The second-order valence-electron chi connectivity index (χ2n) is 4.11. The lowest BCUT2D eigenvalue weighted by atomic mass is 10.1. The van der Waals surface area contributed by atoms with E-state index in [-0.39, 0.29) is 0 Å². The smallest absolute Gasteiger partial charge is 0.258 e. The normalized spacial score (nSPS) is 10.4. The van der Waals surface area contributed by atoms with E-state index in [4.69, 9.17) is 10.3 Å². The van der Waals surface area contributed by atoms with E-state index >= 15 is 0 Å². The Morgan fingerprint density at radius 3 is 2.75 bits per heavy atom. The summed E-state index contributed by atoms with van der Waals surface area (Å²) in [6.07, 6.45) is 3.31. The Morgan fingerprint density at radius 1 is 1.15 bits per heavy atom. The first-order valence-corrected chi connectivity index (χ1v) is 5.88. The molecule has 0 radical (unpaired) electrons. The number of hydrogen-bond acceptors (Lipinski definition) is 5. The number of rotatable bonds is 3. The Labute approximate surface area is 114 Å². The Bertz CT molecular complexity index is 753. The van der Waals surface area contributed by atoms with Crippen LogP contribution in [-0.4, -0.2) is 21.0 Å². The van der Waals surface area contributed by atoms with Gasteiger partial charge in [-0.05, 0) is 30.3 Å². The highest BCUT2D eigenvalue weighted by atomic mass is 16.5. The van der Waals surface area contributed by atoms with E-state index in [2.05, 4.69) is 15.1 Å². The molecule has 0 spiro atoms. The predicted octanol–water partition coefficient (Wildman–Crippen LogP) is 1.90. The van der Waals surface area contributed by atoms with Crippen LogP contribution in [0.1, 0.15) is 10.4 Å². The standard InChI is InChI=1S/C14H10N4O2/c15-12(19)9-3-1-4-10(7-9)14-17-13(18-20-14)11-5-2-6-16-8-11/h1-8H,(H2,15,19). The number of amides is 1. The Kier molecular flexibility index (Phi) is 2.96. The zero-order chi connectivity index (χ0) is 13.9. The van der Waals surface area contributed by atoms with Crippen LogP contribution in [0.3, 0.4) is 0 Å². The van der Waals surface area contributed by atoms with Crippen LogP contribution in [0.4, 0.5) is 0 Å². The van der Waals surface area contributed by atoms with Crippen molar-refractivity contribution >= 4 is 5.91 Å². The monoisotopic (exact) mass is 266 g/mol. The molecular weight excluding hydrogens is 256 g/mol. The van der Waals surface area contributed by atoms with Crippen molar-refractivity contribution < 1.29 is 9.32 Å². The molecule has 1 aromatic carbocycles. The molecule has 0 saturated heterocycles. The molecule has 98 valence electrons. The molecule has 0 atom stereocenters. The summed E-state index contributed by atoms with van der Waals surface area (Å²) >= 11 is 0. The third kappa shape index (κ3) is 2.26. The van der Waals surface area contributed by atoms with Gasteiger partial charge < -0.3 is 10.3 Å². The van der Waals surface area contributed by atoms with E-state index in [1.165, 1.54) is 0 Å². The lowest BCUT2D eigenvalue weighted by molar-refractivity contribution is 0.100. The molecule has 0 aliphatic rings. The zero-order valence-corrected chi connectivity index (χ0v) is 10.4. The molecule has 0 unspecified atom stereocenters. The van der Waals surface area contributed by atoms with Crippen LogP contribution in [0.2, 0.25) is 0 Å². The summed E-state index contributed by atoms with van der Waals surface area (Å²) in [6, 6.07) is 10.4. The van der Waals surface area contributed by atoms with Crippen LogP contribution < -0.4 is 5.73 Å². The minimum atomic E-state index is -0.501. The molecule has 0 fully saturated rings. The Morgan fingerprint density at radius 2 is 2.00 bits per heavy atom. The van der Waals surface area contributed by atoms with Gasteiger partial charge in [-0.2, -0.15) is 4.98 Å². The lowest BCUT2D eigenvalue weighted by Crippen LogP contribution is -2.10. The number of nitrogens with two attached hydrogens (primary N) is 1. The highest BCUT2D eigenvalue weighted by Crippen LogP contribution is 2.22. The van der Waals surface area contributed by atoms with Gasteiger partial charge in [0.1, 0.15) is 0 Å². The maximum atomic E-state index is 11.2. The van der Waals surface area contributed by atoms with Gasteiger partial charge in [-0.25, -0.2) is 0 Å². The van der Waals surface area contributed by atoms with Gasteiger partial charge in [0, 0.05) is 29.1 Å². The molecule has 6 nitrogen and oxygen atoms in total. The van der Waals surface area contributed by atoms with Crippen molar-refractivity contribution in [1.82, 2.24) is 15.1 Å². The number of benzene rings is 1. The number of carbonyl (C=O) groups is 1. The number of pyridine rings is 1. The molecule has 0 saturated carbocycles. The molecule has 1 amide bonds. The molecule has 0 aliphatic carbocycles. The Balaban J connectivity index is 1.98. The van der Waals surface area contributed by atoms with Crippen molar-refractivity contribution in [3.63, 3.8) is 0 Å². The first-order chi connectivity index (χ1) is 9.74. The maximum absolute atomic E-state index is 11.2. The van der Waals surface area contributed by atoms with E-state index in [1.807, 2.05) is 6.07 Å². The van der Waals surface area contributed by atoms with Gasteiger partial charge in [0.2, 0.25) is 11.7 Å². The van der Waals surface area contributed by atoms with E-state index in [0.29, 0.717) is 22.8 Å². The molecule has 6 heteroatoms. The van der Waals surface area contributed by atoms with Crippen molar-refractivity contribution in [2.24, 2.45) is 5.73 Å². The molecule has 2 aromatic heterocycles. The molecule has 2 N–H and O–H groups in total. The minimum Gasteiger partial charge on any atom is -0.366 e. The SMILES string of the molecule is NC(=O)c1cccc(-c2nc(-c3cccnc3)no2)c1. The van der Waals surface area contributed by atoms with Gasteiger partial charge in [0.15, 0.2) is 0 Å². The van der Waals surface area contributed by atoms with Crippen molar-refractivity contribution in [1.29, 1.82) is 0 Å². The summed E-state index contributed by atoms with van der Waals surface area (Å²) < 4.78 is 5.20. The molecule has 3 rings (SSSR count). The first kappa shape index (κ1) is 12.0. The third-order valence-corrected chi connectivity index (χ3v) is 2.74. The van der Waals surface area contributed by atoms with Crippen molar-refractivity contribution in [3.8, 4) is 22.8 Å². The van der Waals surface area contributed by atoms with Gasteiger partial charge in [-0.1, -0.05) is 11.2 Å². The number of carbonyl (C=O) groups excluding carboxylic acids is 1. The molecule has 3 aromatic rings. The molecule has 0 aliphatic heterocycles. The van der Waals surface area contributed by atoms with E-state index in [0.717, 1.165) is 5.56 Å². The summed E-state index contributed by atoms with van der Waals surface area (Å²) in [7, 11) is 0. The summed E-state index contributed by atoms with van der Waals surface area (Å²) in [5, 5.41) is 3.90. The van der Waals surface area contributed by atoms with E-state index in [1.54, 1.807) is 42.7 Å². The van der Waals surface area contributed by atoms with Gasteiger partial charge in [0.05, 0.1) is 0 Å². The molecule has 2 heterocycles. The molecular formula is C14H10N4O2.